The van der Waals surface area contributed by atoms with Crippen LogP contribution in [0, 0.1) is 0 Å². The minimum atomic E-state index is -0.106. The van der Waals surface area contributed by atoms with Gasteiger partial charge in [-0.2, -0.15) is 0 Å². The summed E-state index contributed by atoms with van der Waals surface area (Å²) < 4.78 is 10.4. The molecule has 1 aliphatic heterocycles. The van der Waals surface area contributed by atoms with Crippen LogP contribution in [0.25, 0.3) is 0 Å². The molecule has 1 fully saturated rings. The molecule has 1 aliphatic rings. The van der Waals surface area contributed by atoms with Gasteiger partial charge in [-0.05, 0) is 19.4 Å². The number of rotatable bonds is 4. The van der Waals surface area contributed by atoms with Gasteiger partial charge in [0.15, 0.2) is 0 Å². The lowest BCUT2D eigenvalue weighted by atomic mass is 10.0. The van der Waals surface area contributed by atoms with Crippen LogP contribution in [0.3, 0.4) is 0 Å². The number of ether oxygens (including phenoxy) is 2. The Balaban J connectivity index is 2.06. The summed E-state index contributed by atoms with van der Waals surface area (Å²) in [7, 11) is 3.17. The van der Waals surface area contributed by atoms with Crippen molar-refractivity contribution < 1.29 is 14.3 Å². The zero-order valence-electron chi connectivity index (χ0n) is 11.4. The smallest absolute Gasteiger partial charge is 0.241 e. The molecule has 0 radical (unpaired) electrons. The predicted octanol–water partition coefficient (Wildman–Crippen LogP) is 1.78. The van der Waals surface area contributed by atoms with Gasteiger partial charge in [0.25, 0.3) is 0 Å². The van der Waals surface area contributed by atoms with Crippen molar-refractivity contribution in [1.29, 1.82) is 0 Å². The SMILES string of the molecule is COc1cc(NC(=O)[C@@H]2CCCCN2)cc(OC)c1. The molecule has 1 amide bonds. The molecule has 0 bridgehead atoms. The highest BCUT2D eigenvalue weighted by atomic mass is 16.5. The number of hydrogen-bond donors (Lipinski definition) is 2. The normalized spacial score (nSPS) is 18.7. The van der Waals surface area contributed by atoms with E-state index >= 15 is 0 Å². The van der Waals surface area contributed by atoms with Crippen molar-refractivity contribution in [2.45, 2.75) is 25.3 Å². The maximum Gasteiger partial charge on any atom is 0.241 e. The first-order valence-corrected chi connectivity index (χ1v) is 6.50. The topological polar surface area (TPSA) is 59.6 Å². The Labute approximate surface area is 113 Å². The van der Waals surface area contributed by atoms with Crippen LogP contribution < -0.4 is 20.1 Å². The zero-order chi connectivity index (χ0) is 13.7. The van der Waals surface area contributed by atoms with Gasteiger partial charge in [0.05, 0.1) is 20.3 Å². The second-order valence-electron chi connectivity index (χ2n) is 4.59. The molecule has 1 heterocycles. The van der Waals surface area contributed by atoms with E-state index < -0.39 is 0 Å². The van der Waals surface area contributed by atoms with Crippen LogP contribution in [0.4, 0.5) is 5.69 Å². The Morgan fingerprint density at radius 1 is 1.21 bits per heavy atom. The third-order valence-electron chi connectivity index (χ3n) is 3.25. The van der Waals surface area contributed by atoms with E-state index in [1.165, 1.54) is 0 Å². The van der Waals surface area contributed by atoms with Crippen molar-refractivity contribution in [1.82, 2.24) is 5.32 Å². The first kappa shape index (κ1) is 13.7. The summed E-state index contributed by atoms with van der Waals surface area (Å²) in [4.78, 5) is 12.1. The lowest BCUT2D eigenvalue weighted by molar-refractivity contribution is -0.118. The number of hydrogen-bond acceptors (Lipinski definition) is 4. The number of anilines is 1. The Bertz CT molecular complexity index is 420. The van der Waals surface area contributed by atoms with Gasteiger partial charge in [0.1, 0.15) is 11.5 Å². The molecule has 1 saturated heterocycles. The minimum Gasteiger partial charge on any atom is -0.497 e. The fourth-order valence-corrected chi connectivity index (χ4v) is 2.18. The van der Waals surface area contributed by atoms with Crippen molar-refractivity contribution in [3.8, 4) is 11.5 Å². The quantitative estimate of drug-likeness (QED) is 0.870. The first-order chi connectivity index (χ1) is 9.22. The summed E-state index contributed by atoms with van der Waals surface area (Å²) in [5.41, 5.74) is 0.688. The van der Waals surface area contributed by atoms with Crippen LogP contribution in [0.15, 0.2) is 18.2 Å². The summed E-state index contributed by atoms with van der Waals surface area (Å²) in [6, 6.07) is 5.23. The van der Waals surface area contributed by atoms with Crippen LogP contribution in [0.5, 0.6) is 11.5 Å². The van der Waals surface area contributed by atoms with Gasteiger partial charge in [-0.1, -0.05) is 6.42 Å². The summed E-state index contributed by atoms with van der Waals surface area (Å²) >= 11 is 0. The second-order valence-corrected chi connectivity index (χ2v) is 4.59. The Morgan fingerprint density at radius 3 is 2.42 bits per heavy atom. The molecule has 0 spiro atoms. The third-order valence-corrected chi connectivity index (χ3v) is 3.25. The number of carbonyl (C=O) groups excluding carboxylic acids is 1. The van der Waals surface area contributed by atoms with Crippen LogP contribution >= 0.6 is 0 Å². The molecule has 1 aromatic rings. The fourth-order valence-electron chi connectivity index (χ4n) is 2.18. The molecule has 2 rings (SSSR count). The second kappa shape index (κ2) is 6.43. The standard InChI is InChI=1S/C14H20N2O3/c1-18-11-7-10(8-12(9-11)19-2)16-14(17)13-5-3-4-6-15-13/h7-9,13,15H,3-6H2,1-2H3,(H,16,17)/t13-/m0/s1. The summed E-state index contributed by atoms with van der Waals surface area (Å²) in [6.45, 7) is 0.902. The van der Waals surface area contributed by atoms with Gasteiger partial charge >= 0.3 is 0 Å². The molecule has 5 nitrogen and oxygen atoms in total. The number of methoxy groups -OCH3 is 2. The molecule has 0 aromatic heterocycles. The lowest BCUT2D eigenvalue weighted by Gasteiger charge is -2.22. The van der Waals surface area contributed by atoms with E-state index in [2.05, 4.69) is 10.6 Å². The number of amides is 1. The largest absolute Gasteiger partial charge is 0.497 e. The van der Waals surface area contributed by atoms with E-state index in [-0.39, 0.29) is 11.9 Å². The molecule has 0 aliphatic carbocycles. The third kappa shape index (κ3) is 3.61. The zero-order valence-corrected chi connectivity index (χ0v) is 11.4. The minimum absolute atomic E-state index is 0.00462. The highest BCUT2D eigenvalue weighted by Crippen LogP contribution is 2.26. The maximum atomic E-state index is 12.1. The highest BCUT2D eigenvalue weighted by Gasteiger charge is 2.20. The van der Waals surface area contributed by atoms with E-state index in [4.69, 9.17) is 9.47 Å². The number of piperidine rings is 1. The van der Waals surface area contributed by atoms with Gasteiger partial charge in [-0.15, -0.1) is 0 Å². The molecule has 1 atom stereocenters. The van der Waals surface area contributed by atoms with Gasteiger partial charge < -0.3 is 20.1 Å². The van der Waals surface area contributed by atoms with E-state index in [0.717, 1.165) is 25.8 Å². The van der Waals surface area contributed by atoms with Crippen LogP contribution in [0.2, 0.25) is 0 Å². The van der Waals surface area contributed by atoms with Gasteiger partial charge in [-0.3, -0.25) is 4.79 Å². The Hall–Kier alpha value is -1.75. The molecule has 5 heteroatoms. The number of carbonyl (C=O) groups is 1. The molecule has 19 heavy (non-hydrogen) atoms. The van der Waals surface area contributed by atoms with Gasteiger partial charge in [0, 0.05) is 23.9 Å². The first-order valence-electron chi connectivity index (χ1n) is 6.50. The van der Waals surface area contributed by atoms with Crippen molar-refractivity contribution in [2.24, 2.45) is 0 Å². The van der Waals surface area contributed by atoms with Crippen LogP contribution in [0.1, 0.15) is 19.3 Å². The summed E-state index contributed by atoms with van der Waals surface area (Å²) in [5.74, 6) is 1.31. The predicted molar refractivity (Wildman–Crippen MR) is 73.8 cm³/mol. The van der Waals surface area contributed by atoms with Gasteiger partial charge in [-0.25, -0.2) is 0 Å². The van der Waals surface area contributed by atoms with E-state index in [9.17, 15) is 4.79 Å². The average Bonchev–Trinajstić information content (AvgIpc) is 2.47. The fraction of sp³-hybridized carbons (Fsp3) is 0.500. The summed E-state index contributed by atoms with van der Waals surface area (Å²) in [6.07, 6.45) is 3.11. The van der Waals surface area contributed by atoms with E-state index in [1.807, 2.05) is 0 Å². The molecular weight excluding hydrogens is 244 g/mol. The van der Waals surface area contributed by atoms with Crippen molar-refractivity contribution >= 4 is 11.6 Å². The van der Waals surface area contributed by atoms with Crippen molar-refractivity contribution in [3.63, 3.8) is 0 Å². The van der Waals surface area contributed by atoms with E-state index in [0.29, 0.717) is 17.2 Å². The Kier molecular flexibility index (Phi) is 4.63. The molecular formula is C14H20N2O3. The van der Waals surface area contributed by atoms with Crippen LogP contribution in [-0.4, -0.2) is 32.7 Å². The highest BCUT2D eigenvalue weighted by molar-refractivity contribution is 5.95. The number of nitrogens with one attached hydrogen (secondary N) is 2. The van der Waals surface area contributed by atoms with Crippen molar-refractivity contribution in [3.05, 3.63) is 18.2 Å². The average molecular weight is 264 g/mol. The summed E-state index contributed by atoms with van der Waals surface area (Å²) in [5, 5.41) is 6.12. The molecule has 0 unspecified atom stereocenters. The molecule has 1 aromatic carbocycles. The maximum absolute atomic E-state index is 12.1. The monoisotopic (exact) mass is 264 g/mol. The Morgan fingerprint density at radius 2 is 1.89 bits per heavy atom. The molecule has 104 valence electrons. The lowest BCUT2D eigenvalue weighted by Crippen LogP contribution is -2.43. The van der Waals surface area contributed by atoms with Gasteiger partial charge in [0.2, 0.25) is 5.91 Å². The molecule has 2 N–H and O–H groups in total. The number of benzene rings is 1. The van der Waals surface area contributed by atoms with Crippen LogP contribution in [-0.2, 0) is 4.79 Å². The van der Waals surface area contributed by atoms with Crippen molar-refractivity contribution in [2.75, 3.05) is 26.1 Å². The van der Waals surface area contributed by atoms with E-state index in [1.54, 1.807) is 32.4 Å². The molecule has 0 saturated carbocycles.